The van der Waals surface area contributed by atoms with E-state index in [-0.39, 0.29) is 30.0 Å². The van der Waals surface area contributed by atoms with Gasteiger partial charge in [-0.25, -0.2) is 4.68 Å². The predicted molar refractivity (Wildman–Crippen MR) is 86.7 cm³/mol. The smallest absolute Gasteiger partial charge is 0.242 e. The second kappa shape index (κ2) is 6.79. The van der Waals surface area contributed by atoms with Gasteiger partial charge in [-0.1, -0.05) is 6.92 Å². The van der Waals surface area contributed by atoms with Crippen LogP contribution in [-0.4, -0.2) is 51.4 Å². The Labute approximate surface area is 132 Å². The van der Waals surface area contributed by atoms with E-state index in [1.807, 2.05) is 26.8 Å². The van der Waals surface area contributed by atoms with Crippen LogP contribution in [0.5, 0.6) is 0 Å². The van der Waals surface area contributed by atoms with Gasteiger partial charge in [-0.15, -0.1) is 0 Å². The van der Waals surface area contributed by atoms with Gasteiger partial charge in [-0.3, -0.25) is 9.69 Å². The average Bonchev–Trinajstić information content (AvgIpc) is 2.94. The molecule has 6 heteroatoms. The molecule has 0 saturated carbocycles. The molecule has 0 spiro atoms. The van der Waals surface area contributed by atoms with Gasteiger partial charge in [0.25, 0.3) is 0 Å². The Balaban J connectivity index is 2.01. The summed E-state index contributed by atoms with van der Waals surface area (Å²) in [6.45, 7) is 9.88. The molecule has 2 unspecified atom stereocenters. The lowest BCUT2D eigenvalue weighted by Crippen LogP contribution is -2.51. The Morgan fingerprint density at radius 2 is 2.23 bits per heavy atom. The zero-order valence-corrected chi connectivity index (χ0v) is 14.0. The molecular weight excluding hydrogens is 280 g/mol. The third kappa shape index (κ3) is 3.67. The Morgan fingerprint density at radius 3 is 2.86 bits per heavy atom. The first kappa shape index (κ1) is 17.0. The lowest BCUT2D eigenvalue weighted by molar-refractivity contribution is -0.122. The number of carbonyl (C=O) groups is 1. The van der Waals surface area contributed by atoms with Gasteiger partial charge in [0.2, 0.25) is 5.91 Å². The van der Waals surface area contributed by atoms with Gasteiger partial charge in [0, 0.05) is 30.7 Å². The van der Waals surface area contributed by atoms with Crippen LogP contribution in [0.4, 0.5) is 5.82 Å². The number of anilines is 1. The first-order valence-corrected chi connectivity index (χ1v) is 8.05. The van der Waals surface area contributed by atoms with Crippen molar-refractivity contribution in [3.05, 3.63) is 12.3 Å². The first-order valence-electron chi connectivity index (χ1n) is 8.05. The summed E-state index contributed by atoms with van der Waals surface area (Å²) < 4.78 is 1.80. The summed E-state index contributed by atoms with van der Waals surface area (Å²) in [5.74, 6) is 0.707. The Kier molecular flexibility index (Phi) is 5.24. The molecule has 2 heterocycles. The quantitative estimate of drug-likeness (QED) is 0.871. The number of hydrogen-bond donors (Lipinski definition) is 2. The van der Waals surface area contributed by atoms with Crippen molar-refractivity contribution in [2.24, 2.45) is 5.41 Å². The summed E-state index contributed by atoms with van der Waals surface area (Å²) in [7, 11) is 0. The van der Waals surface area contributed by atoms with Crippen LogP contribution < -0.4 is 5.32 Å². The van der Waals surface area contributed by atoms with Crippen LogP contribution in [0.15, 0.2) is 12.3 Å². The number of amides is 1. The van der Waals surface area contributed by atoms with E-state index in [0.29, 0.717) is 0 Å². The van der Waals surface area contributed by atoms with Crippen molar-refractivity contribution in [2.45, 2.75) is 52.6 Å². The van der Waals surface area contributed by atoms with Gasteiger partial charge in [-0.2, -0.15) is 5.10 Å². The normalized spacial score (nSPS) is 24.5. The van der Waals surface area contributed by atoms with Crippen molar-refractivity contribution in [1.29, 1.82) is 0 Å². The van der Waals surface area contributed by atoms with E-state index >= 15 is 0 Å². The maximum absolute atomic E-state index is 12.5. The molecule has 1 aliphatic rings. The molecule has 1 amide bonds. The Morgan fingerprint density at radius 1 is 1.50 bits per heavy atom. The molecular formula is C16H28N4O2. The van der Waals surface area contributed by atoms with Crippen molar-refractivity contribution < 1.29 is 9.90 Å². The number of nitrogens with one attached hydrogen (secondary N) is 1. The molecule has 0 aromatic carbocycles. The van der Waals surface area contributed by atoms with Crippen LogP contribution in [0.3, 0.4) is 0 Å². The molecule has 2 atom stereocenters. The first-order chi connectivity index (χ1) is 10.4. The Hall–Kier alpha value is -1.40. The fourth-order valence-corrected chi connectivity index (χ4v) is 3.04. The summed E-state index contributed by atoms with van der Waals surface area (Å²) in [5.41, 5.74) is -0.105. The molecule has 0 aliphatic carbocycles. The highest BCUT2D eigenvalue weighted by Gasteiger charge is 2.34. The van der Waals surface area contributed by atoms with E-state index in [1.165, 1.54) is 0 Å². The van der Waals surface area contributed by atoms with E-state index < -0.39 is 0 Å². The van der Waals surface area contributed by atoms with Gasteiger partial charge in [0.05, 0.1) is 12.2 Å². The highest BCUT2D eigenvalue weighted by atomic mass is 16.3. The minimum atomic E-state index is -0.221. The number of hydrogen-bond acceptors (Lipinski definition) is 4. The molecule has 22 heavy (non-hydrogen) atoms. The van der Waals surface area contributed by atoms with Crippen LogP contribution in [0, 0.1) is 5.41 Å². The molecule has 1 fully saturated rings. The minimum absolute atomic E-state index is 0.0235. The predicted octanol–water partition coefficient (Wildman–Crippen LogP) is 1.89. The summed E-state index contributed by atoms with van der Waals surface area (Å²) in [4.78, 5) is 14.7. The van der Waals surface area contributed by atoms with Crippen molar-refractivity contribution in [2.75, 3.05) is 25.0 Å². The highest BCUT2D eigenvalue weighted by Crippen LogP contribution is 2.30. The molecule has 124 valence electrons. The maximum atomic E-state index is 12.5. The van der Waals surface area contributed by atoms with E-state index in [1.54, 1.807) is 10.9 Å². The molecule has 0 bridgehead atoms. The van der Waals surface area contributed by atoms with Gasteiger partial charge >= 0.3 is 0 Å². The second-order valence-electron chi connectivity index (χ2n) is 6.96. The topological polar surface area (TPSA) is 70.4 Å². The van der Waals surface area contributed by atoms with Gasteiger partial charge in [0.1, 0.15) is 5.82 Å². The molecule has 2 N–H and O–H groups in total. The zero-order valence-electron chi connectivity index (χ0n) is 14.0. The number of aliphatic hydroxyl groups excluding tert-OH is 1. The molecule has 1 aromatic rings. The van der Waals surface area contributed by atoms with Crippen molar-refractivity contribution in [3.63, 3.8) is 0 Å². The number of piperidine rings is 1. The minimum Gasteiger partial charge on any atom is -0.396 e. The summed E-state index contributed by atoms with van der Waals surface area (Å²) >= 11 is 0. The standard InChI is InChI=1S/C16H28N4O2/c1-12(2)20-14(6-8-17-20)18-15(22)13(3)19-9-5-7-16(4,10-19)11-21/h6,8,12-13,21H,5,7,9-11H2,1-4H3,(H,18,22). The van der Waals surface area contributed by atoms with E-state index in [0.717, 1.165) is 31.7 Å². The number of carbonyl (C=O) groups excluding carboxylic acids is 1. The largest absolute Gasteiger partial charge is 0.396 e. The van der Waals surface area contributed by atoms with Crippen LogP contribution in [0.1, 0.15) is 46.6 Å². The van der Waals surface area contributed by atoms with E-state index in [9.17, 15) is 9.90 Å². The molecule has 0 radical (unpaired) electrons. The van der Waals surface area contributed by atoms with Gasteiger partial charge in [0.15, 0.2) is 0 Å². The number of rotatable bonds is 5. The molecule has 1 saturated heterocycles. The second-order valence-corrected chi connectivity index (χ2v) is 6.96. The number of likely N-dealkylation sites (tertiary alicyclic amines) is 1. The maximum Gasteiger partial charge on any atom is 0.242 e. The fraction of sp³-hybridized carbons (Fsp3) is 0.750. The third-order valence-electron chi connectivity index (χ3n) is 4.53. The van der Waals surface area contributed by atoms with Crippen molar-refractivity contribution in [1.82, 2.24) is 14.7 Å². The average molecular weight is 308 g/mol. The van der Waals surface area contributed by atoms with E-state index in [2.05, 4.69) is 22.2 Å². The van der Waals surface area contributed by atoms with Crippen LogP contribution in [-0.2, 0) is 4.79 Å². The van der Waals surface area contributed by atoms with Crippen LogP contribution in [0.2, 0.25) is 0 Å². The molecule has 2 rings (SSSR count). The summed E-state index contributed by atoms with van der Waals surface area (Å²) in [6.07, 6.45) is 3.72. The number of aliphatic hydroxyl groups is 1. The highest BCUT2D eigenvalue weighted by molar-refractivity contribution is 5.93. The lowest BCUT2D eigenvalue weighted by Gasteiger charge is -2.41. The van der Waals surface area contributed by atoms with Gasteiger partial charge < -0.3 is 10.4 Å². The SMILES string of the molecule is CC(C(=O)Nc1ccnn1C(C)C)N1CCCC(C)(CO)C1. The number of aromatic nitrogens is 2. The van der Waals surface area contributed by atoms with E-state index in [4.69, 9.17) is 0 Å². The molecule has 6 nitrogen and oxygen atoms in total. The molecule has 1 aliphatic heterocycles. The third-order valence-corrected chi connectivity index (χ3v) is 4.53. The summed E-state index contributed by atoms with van der Waals surface area (Å²) in [6, 6.07) is 1.80. The zero-order chi connectivity index (χ0) is 16.3. The Bertz CT molecular complexity index is 514. The molecule has 1 aromatic heterocycles. The lowest BCUT2D eigenvalue weighted by atomic mass is 9.82. The van der Waals surface area contributed by atoms with Gasteiger partial charge in [-0.05, 0) is 40.2 Å². The van der Waals surface area contributed by atoms with Crippen molar-refractivity contribution >= 4 is 11.7 Å². The van der Waals surface area contributed by atoms with Crippen LogP contribution in [0.25, 0.3) is 0 Å². The van der Waals surface area contributed by atoms with Crippen molar-refractivity contribution in [3.8, 4) is 0 Å². The monoisotopic (exact) mass is 308 g/mol. The van der Waals surface area contributed by atoms with Crippen LogP contribution >= 0.6 is 0 Å². The summed E-state index contributed by atoms with van der Waals surface area (Å²) in [5, 5.41) is 16.8. The number of nitrogens with zero attached hydrogens (tertiary/aromatic N) is 3. The fourth-order valence-electron chi connectivity index (χ4n) is 3.04.